The van der Waals surface area contributed by atoms with E-state index in [1.807, 2.05) is 12.1 Å². The molecule has 1 saturated heterocycles. The van der Waals surface area contributed by atoms with Crippen LogP contribution < -0.4 is 5.32 Å². The van der Waals surface area contributed by atoms with Crippen LogP contribution in [0.5, 0.6) is 5.75 Å². The van der Waals surface area contributed by atoms with Crippen LogP contribution in [-0.4, -0.2) is 23.2 Å². The molecule has 1 heterocycles. The van der Waals surface area contributed by atoms with E-state index in [-0.39, 0.29) is 5.75 Å². The molecule has 1 aliphatic rings. The maximum absolute atomic E-state index is 11.1. The number of hydrogen-bond acceptors (Lipinski definition) is 4. The Bertz CT molecular complexity index is 427. The van der Waals surface area contributed by atoms with Gasteiger partial charge in [0.25, 0.3) is 0 Å². The third-order valence-electron chi connectivity index (χ3n) is 2.66. The summed E-state index contributed by atoms with van der Waals surface area (Å²) in [4.78, 5) is 21.9. The van der Waals surface area contributed by atoms with E-state index >= 15 is 0 Å². The van der Waals surface area contributed by atoms with Crippen molar-refractivity contribution in [3.05, 3.63) is 29.8 Å². The van der Waals surface area contributed by atoms with Crippen molar-refractivity contribution in [2.24, 2.45) is 0 Å². The lowest BCUT2D eigenvalue weighted by atomic mass is 10.0. The molecule has 1 amide bonds. The first-order valence-corrected chi connectivity index (χ1v) is 5.45. The summed E-state index contributed by atoms with van der Waals surface area (Å²) >= 11 is 0. The van der Waals surface area contributed by atoms with Crippen LogP contribution in [0.4, 0.5) is 4.79 Å². The fourth-order valence-corrected chi connectivity index (χ4v) is 1.76. The van der Waals surface area contributed by atoms with E-state index in [1.165, 1.54) is 0 Å². The third-order valence-corrected chi connectivity index (χ3v) is 2.66. The SMILES string of the molecule is O=C1NC(CCCc2ccc(O)cc2)C(=O)O1. The second kappa shape index (κ2) is 4.86. The number of aryl methyl sites for hydroxylation is 1. The summed E-state index contributed by atoms with van der Waals surface area (Å²) in [6.07, 6.45) is 1.46. The van der Waals surface area contributed by atoms with E-state index in [0.29, 0.717) is 6.42 Å². The van der Waals surface area contributed by atoms with Gasteiger partial charge in [0, 0.05) is 0 Å². The van der Waals surface area contributed by atoms with Crippen molar-refractivity contribution in [3.8, 4) is 5.75 Å². The third kappa shape index (κ3) is 2.96. The average molecular weight is 235 g/mol. The fraction of sp³-hybridized carbons (Fsp3) is 0.333. The number of nitrogens with one attached hydrogen (secondary N) is 1. The van der Waals surface area contributed by atoms with Crippen LogP contribution in [-0.2, 0) is 16.0 Å². The predicted octanol–water partition coefficient (Wildman–Crippen LogP) is 1.35. The number of esters is 1. The minimum absolute atomic E-state index is 0.236. The molecule has 17 heavy (non-hydrogen) atoms. The van der Waals surface area contributed by atoms with Crippen LogP contribution in [0.25, 0.3) is 0 Å². The number of alkyl carbamates (subject to hydrolysis) is 1. The normalized spacial score (nSPS) is 18.9. The first-order valence-electron chi connectivity index (χ1n) is 5.45. The molecular weight excluding hydrogens is 222 g/mol. The van der Waals surface area contributed by atoms with Gasteiger partial charge in [0.1, 0.15) is 11.8 Å². The number of carbonyl (C=O) groups excluding carboxylic acids is 2. The highest BCUT2D eigenvalue weighted by molar-refractivity contribution is 5.95. The Morgan fingerprint density at radius 2 is 1.94 bits per heavy atom. The highest BCUT2D eigenvalue weighted by Gasteiger charge is 2.31. The van der Waals surface area contributed by atoms with Crippen LogP contribution in [0.3, 0.4) is 0 Å². The lowest BCUT2D eigenvalue weighted by molar-refractivity contribution is -0.135. The molecule has 1 atom stereocenters. The molecule has 0 aromatic heterocycles. The van der Waals surface area contributed by atoms with Crippen LogP contribution in [0, 0.1) is 0 Å². The lowest BCUT2D eigenvalue weighted by Crippen LogP contribution is -2.28. The van der Waals surface area contributed by atoms with Crippen molar-refractivity contribution in [1.82, 2.24) is 5.32 Å². The van der Waals surface area contributed by atoms with E-state index in [1.54, 1.807) is 12.1 Å². The highest BCUT2D eigenvalue weighted by Crippen LogP contribution is 2.14. The van der Waals surface area contributed by atoms with Gasteiger partial charge in [-0.25, -0.2) is 9.59 Å². The summed E-state index contributed by atoms with van der Waals surface area (Å²) < 4.78 is 4.37. The van der Waals surface area contributed by atoms with Gasteiger partial charge in [0.05, 0.1) is 0 Å². The maximum Gasteiger partial charge on any atom is 0.415 e. The smallest absolute Gasteiger partial charge is 0.415 e. The van der Waals surface area contributed by atoms with Gasteiger partial charge in [-0.3, -0.25) is 0 Å². The molecule has 0 aliphatic carbocycles. The van der Waals surface area contributed by atoms with Crippen LogP contribution in [0.2, 0.25) is 0 Å². The fourth-order valence-electron chi connectivity index (χ4n) is 1.76. The summed E-state index contributed by atoms with van der Waals surface area (Å²) in [6.45, 7) is 0. The molecule has 0 radical (unpaired) electrons. The molecule has 0 saturated carbocycles. The van der Waals surface area contributed by atoms with Crippen molar-refractivity contribution in [3.63, 3.8) is 0 Å². The molecule has 0 bridgehead atoms. The number of carbonyl (C=O) groups is 2. The van der Waals surface area contributed by atoms with Crippen molar-refractivity contribution in [2.45, 2.75) is 25.3 Å². The zero-order chi connectivity index (χ0) is 12.3. The summed E-state index contributed by atoms with van der Waals surface area (Å²) in [5.41, 5.74) is 1.08. The molecule has 2 rings (SSSR count). The number of cyclic esters (lactones) is 2. The van der Waals surface area contributed by atoms with E-state index in [9.17, 15) is 9.59 Å². The lowest BCUT2D eigenvalue weighted by Gasteiger charge is -2.05. The maximum atomic E-state index is 11.1. The number of aromatic hydroxyl groups is 1. The number of benzene rings is 1. The Balaban J connectivity index is 1.78. The molecule has 5 heteroatoms. The predicted molar refractivity (Wildman–Crippen MR) is 59.5 cm³/mol. The van der Waals surface area contributed by atoms with Crippen molar-refractivity contribution < 1.29 is 19.4 Å². The number of phenolic OH excluding ortho intramolecular Hbond substituents is 1. The van der Waals surface area contributed by atoms with Crippen molar-refractivity contribution in [1.29, 1.82) is 0 Å². The molecule has 1 unspecified atom stereocenters. The molecule has 1 aliphatic heterocycles. The zero-order valence-corrected chi connectivity index (χ0v) is 9.18. The molecule has 2 N–H and O–H groups in total. The monoisotopic (exact) mass is 235 g/mol. The minimum Gasteiger partial charge on any atom is -0.508 e. The Morgan fingerprint density at radius 1 is 1.24 bits per heavy atom. The van der Waals surface area contributed by atoms with Crippen LogP contribution >= 0.6 is 0 Å². The quantitative estimate of drug-likeness (QED) is 0.610. The molecule has 1 aromatic carbocycles. The van der Waals surface area contributed by atoms with Gasteiger partial charge in [-0.1, -0.05) is 12.1 Å². The number of rotatable bonds is 4. The standard InChI is InChI=1S/C12H13NO4/c14-9-6-4-8(5-7-9)2-1-3-10-11(15)17-12(16)13-10/h4-7,10,14H,1-3H2,(H,13,16). The van der Waals surface area contributed by atoms with E-state index in [4.69, 9.17) is 5.11 Å². The Labute approximate surface area is 98.4 Å². The number of amides is 1. The Morgan fingerprint density at radius 3 is 2.53 bits per heavy atom. The van der Waals surface area contributed by atoms with Crippen LogP contribution in [0.1, 0.15) is 18.4 Å². The van der Waals surface area contributed by atoms with Crippen molar-refractivity contribution >= 4 is 12.1 Å². The molecular formula is C12H13NO4. The van der Waals surface area contributed by atoms with Gasteiger partial charge >= 0.3 is 12.1 Å². The minimum atomic E-state index is -0.662. The first kappa shape index (κ1) is 11.4. The number of ether oxygens (including phenoxy) is 1. The molecule has 90 valence electrons. The van der Waals surface area contributed by atoms with Gasteiger partial charge in [-0.2, -0.15) is 0 Å². The van der Waals surface area contributed by atoms with Crippen molar-refractivity contribution in [2.75, 3.05) is 0 Å². The van der Waals surface area contributed by atoms with Gasteiger partial charge in [-0.15, -0.1) is 0 Å². The van der Waals surface area contributed by atoms with Gasteiger partial charge < -0.3 is 15.2 Å². The summed E-state index contributed by atoms with van der Waals surface area (Å²) in [6, 6.07) is 6.41. The molecule has 5 nitrogen and oxygen atoms in total. The van der Waals surface area contributed by atoms with Gasteiger partial charge in [-0.05, 0) is 37.0 Å². The second-order valence-corrected chi connectivity index (χ2v) is 3.96. The van der Waals surface area contributed by atoms with E-state index < -0.39 is 18.1 Å². The topological polar surface area (TPSA) is 75.6 Å². The zero-order valence-electron chi connectivity index (χ0n) is 9.18. The molecule has 0 spiro atoms. The average Bonchev–Trinajstić information content (AvgIpc) is 2.60. The molecule has 1 fully saturated rings. The van der Waals surface area contributed by atoms with E-state index in [0.717, 1.165) is 18.4 Å². The summed E-state index contributed by atoms with van der Waals surface area (Å²) in [5.74, 6) is -0.263. The number of phenols is 1. The molecule has 1 aromatic rings. The number of hydrogen-bond donors (Lipinski definition) is 2. The highest BCUT2D eigenvalue weighted by atomic mass is 16.6. The second-order valence-electron chi connectivity index (χ2n) is 3.96. The van der Waals surface area contributed by atoms with E-state index in [2.05, 4.69) is 10.1 Å². The van der Waals surface area contributed by atoms with Crippen LogP contribution in [0.15, 0.2) is 24.3 Å². The Kier molecular flexibility index (Phi) is 3.27. The van der Waals surface area contributed by atoms with Gasteiger partial charge in [0.2, 0.25) is 0 Å². The summed E-state index contributed by atoms with van der Waals surface area (Å²) in [7, 11) is 0. The Hall–Kier alpha value is -2.04. The largest absolute Gasteiger partial charge is 0.508 e. The summed E-state index contributed by atoms with van der Waals surface area (Å²) in [5, 5.41) is 11.6. The first-order chi connectivity index (χ1) is 8.15. The van der Waals surface area contributed by atoms with Gasteiger partial charge in [0.15, 0.2) is 0 Å².